The molecule has 0 saturated carbocycles. The van der Waals surface area contributed by atoms with Gasteiger partial charge in [0, 0.05) is 18.2 Å². The van der Waals surface area contributed by atoms with Crippen LogP contribution in [0.2, 0.25) is 0 Å². The van der Waals surface area contributed by atoms with Gasteiger partial charge in [0.15, 0.2) is 0 Å². The number of hydrogen-bond acceptors (Lipinski definition) is 1. The summed E-state index contributed by atoms with van der Waals surface area (Å²) in [7, 11) is 0. The summed E-state index contributed by atoms with van der Waals surface area (Å²) in [6.07, 6.45) is 2.06. The quantitative estimate of drug-likeness (QED) is 0.653. The van der Waals surface area contributed by atoms with Crippen molar-refractivity contribution in [2.75, 3.05) is 13.1 Å². The minimum absolute atomic E-state index is 0.0270. The largest absolute Gasteiger partial charge is 0.366 e. The zero-order chi connectivity index (χ0) is 11.6. The van der Waals surface area contributed by atoms with Crippen molar-refractivity contribution >= 4 is 0 Å². The number of allylic oxidation sites excluding steroid dienone is 1. The van der Waals surface area contributed by atoms with Crippen molar-refractivity contribution in [2.24, 2.45) is 11.8 Å². The molecule has 0 N–H and O–H groups in total. The summed E-state index contributed by atoms with van der Waals surface area (Å²) in [4.78, 5) is 1.62. The lowest BCUT2D eigenvalue weighted by atomic mass is 9.83. The molecule has 0 spiro atoms. The van der Waals surface area contributed by atoms with Crippen LogP contribution in [-0.2, 0) is 0 Å². The Hall–Kier alpha value is -0.860. The predicted octanol–water partition coefficient (Wildman–Crippen LogP) is 3.30. The Kier molecular flexibility index (Phi) is 3.53. The van der Waals surface area contributed by atoms with Crippen molar-refractivity contribution < 1.29 is 8.78 Å². The van der Waals surface area contributed by atoms with Crippen molar-refractivity contribution in [3.63, 3.8) is 0 Å². The van der Waals surface area contributed by atoms with Gasteiger partial charge in [-0.05, 0) is 18.4 Å². The van der Waals surface area contributed by atoms with E-state index in [0.29, 0.717) is 18.7 Å². The molecular weight excluding hydrogens is 196 g/mol. The standard InChI is InChI=1S/C12H19F2N/c1-5-10(4)15-7-6-11(9(2)3)12(13,14)8-15/h5,9,11H,1,4,6-8H2,2-3H3. The van der Waals surface area contributed by atoms with E-state index in [1.807, 2.05) is 13.8 Å². The molecule has 0 aromatic heterocycles. The summed E-state index contributed by atoms with van der Waals surface area (Å²) >= 11 is 0. The highest BCUT2D eigenvalue weighted by atomic mass is 19.3. The van der Waals surface area contributed by atoms with Crippen LogP contribution in [0, 0.1) is 11.8 Å². The van der Waals surface area contributed by atoms with Crippen LogP contribution in [0.5, 0.6) is 0 Å². The first-order valence-electron chi connectivity index (χ1n) is 5.32. The second-order valence-corrected chi connectivity index (χ2v) is 4.52. The molecule has 0 amide bonds. The van der Waals surface area contributed by atoms with Crippen LogP contribution in [0.25, 0.3) is 0 Å². The van der Waals surface area contributed by atoms with Crippen molar-refractivity contribution in [2.45, 2.75) is 26.2 Å². The van der Waals surface area contributed by atoms with Crippen molar-refractivity contribution in [3.8, 4) is 0 Å². The van der Waals surface area contributed by atoms with Gasteiger partial charge < -0.3 is 4.90 Å². The summed E-state index contributed by atoms with van der Waals surface area (Å²) in [5, 5.41) is 0. The molecule has 1 aliphatic rings. The summed E-state index contributed by atoms with van der Waals surface area (Å²) in [5.74, 6) is -3.09. The lowest BCUT2D eigenvalue weighted by Crippen LogP contribution is -2.49. The number of halogens is 2. The van der Waals surface area contributed by atoms with Crippen molar-refractivity contribution in [1.82, 2.24) is 4.90 Å². The van der Waals surface area contributed by atoms with Gasteiger partial charge in [-0.3, -0.25) is 0 Å². The first-order chi connectivity index (χ1) is 6.88. The Bertz CT molecular complexity index is 258. The van der Waals surface area contributed by atoms with Crippen LogP contribution in [0.1, 0.15) is 20.3 Å². The third kappa shape index (κ3) is 2.58. The number of piperidine rings is 1. The average molecular weight is 215 g/mol. The van der Waals surface area contributed by atoms with Crippen LogP contribution in [-0.4, -0.2) is 23.9 Å². The average Bonchev–Trinajstić information content (AvgIpc) is 2.14. The van der Waals surface area contributed by atoms with Crippen LogP contribution in [0.15, 0.2) is 24.9 Å². The Morgan fingerprint density at radius 3 is 2.53 bits per heavy atom. The highest BCUT2D eigenvalue weighted by Gasteiger charge is 2.45. The number of hydrogen-bond donors (Lipinski definition) is 0. The lowest BCUT2D eigenvalue weighted by Gasteiger charge is -2.41. The molecule has 1 saturated heterocycles. The van der Waals surface area contributed by atoms with Crippen LogP contribution in [0.3, 0.4) is 0 Å². The topological polar surface area (TPSA) is 3.24 Å². The second-order valence-electron chi connectivity index (χ2n) is 4.52. The zero-order valence-corrected chi connectivity index (χ0v) is 9.47. The molecule has 86 valence electrons. The maximum atomic E-state index is 13.7. The number of alkyl halides is 2. The zero-order valence-electron chi connectivity index (χ0n) is 9.47. The molecule has 0 radical (unpaired) electrons. The molecule has 1 rings (SSSR count). The fourth-order valence-corrected chi connectivity index (χ4v) is 2.15. The van der Waals surface area contributed by atoms with Gasteiger partial charge in [-0.2, -0.15) is 0 Å². The van der Waals surface area contributed by atoms with Gasteiger partial charge in [0.1, 0.15) is 0 Å². The van der Waals surface area contributed by atoms with Crippen molar-refractivity contribution in [3.05, 3.63) is 24.9 Å². The molecule has 1 fully saturated rings. The second kappa shape index (κ2) is 4.33. The molecule has 3 heteroatoms. The molecule has 15 heavy (non-hydrogen) atoms. The summed E-state index contributed by atoms with van der Waals surface area (Å²) < 4.78 is 27.5. The van der Waals surface area contributed by atoms with Gasteiger partial charge in [-0.1, -0.05) is 27.0 Å². The maximum absolute atomic E-state index is 13.7. The number of likely N-dealkylation sites (tertiary alicyclic amines) is 1. The molecule has 1 atom stereocenters. The van der Waals surface area contributed by atoms with E-state index in [2.05, 4.69) is 13.2 Å². The van der Waals surface area contributed by atoms with Gasteiger partial charge >= 0.3 is 0 Å². The SMILES string of the molecule is C=CC(=C)N1CCC(C(C)C)C(F)(F)C1. The molecule has 1 aliphatic heterocycles. The highest BCUT2D eigenvalue weighted by molar-refractivity contribution is 5.12. The molecule has 1 unspecified atom stereocenters. The maximum Gasteiger partial charge on any atom is 0.268 e. The summed E-state index contributed by atoms with van der Waals surface area (Å²) in [6, 6.07) is 0. The fraction of sp³-hybridized carbons (Fsp3) is 0.667. The molecule has 0 aliphatic carbocycles. The smallest absolute Gasteiger partial charge is 0.268 e. The van der Waals surface area contributed by atoms with Crippen LogP contribution >= 0.6 is 0 Å². The normalized spacial score (nSPS) is 25.4. The number of rotatable bonds is 3. The Morgan fingerprint density at radius 1 is 1.53 bits per heavy atom. The van der Waals surface area contributed by atoms with Gasteiger partial charge in [0.25, 0.3) is 5.92 Å². The van der Waals surface area contributed by atoms with E-state index in [-0.39, 0.29) is 12.5 Å². The first-order valence-corrected chi connectivity index (χ1v) is 5.32. The Balaban J connectivity index is 2.72. The highest BCUT2D eigenvalue weighted by Crippen LogP contribution is 2.38. The summed E-state index contributed by atoms with van der Waals surface area (Å²) in [6.45, 7) is 11.4. The Labute approximate surface area is 90.5 Å². The van der Waals surface area contributed by atoms with E-state index in [1.165, 1.54) is 6.08 Å². The molecular formula is C12H19F2N. The first kappa shape index (κ1) is 12.2. The van der Waals surface area contributed by atoms with Gasteiger partial charge in [-0.25, -0.2) is 8.78 Å². The van der Waals surface area contributed by atoms with E-state index in [0.717, 1.165) is 0 Å². The van der Waals surface area contributed by atoms with Gasteiger partial charge in [-0.15, -0.1) is 0 Å². The van der Waals surface area contributed by atoms with Crippen LogP contribution < -0.4 is 0 Å². The summed E-state index contributed by atoms with van der Waals surface area (Å²) in [5.41, 5.74) is 0.594. The van der Waals surface area contributed by atoms with Gasteiger partial charge in [0.2, 0.25) is 0 Å². The fourth-order valence-electron chi connectivity index (χ4n) is 2.15. The third-order valence-electron chi connectivity index (χ3n) is 3.10. The van der Waals surface area contributed by atoms with E-state index < -0.39 is 11.8 Å². The minimum atomic E-state index is -2.61. The lowest BCUT2D eigenvalue weighted by molar-refractivity contribution is -0.117. The van der Waals surface area contributed by atoms with E-state index in [1.54, 1.807) is 4.90 Å². The van der Waals surface area contributed by atoms with Crippen LogP contribution in [0.4, 0.5) is 8.78 Å². The third-order valence-corrected chi connectivity index (χ3v) is 3.10. The van der Waals surface area contributed by atoms with Crippen molar-refractivity contribution in [1.29, 1.82) is 0 Å². The van der Waals surface area contributed by atoms with Gasteiger partial charge in [0.05, 0.1) is 6.54 Å². The molecule has 1 nitrogen and oxygen atoms in total. The number of nitrogens with zero attached hydrogens (tertiary/aromatic N) is 1. The molecule has 0 aromatic carbocycles. The predicted molar refractivity (Wildman–Crippen MR) is 58.8 cm³/mol. The Morgan fingerprint density at radius 2 is 2.13 bits per heavy atom. The monoisotopic (exact) mass is 215 g/mol. The van der Waals surface area contributed by atoms with E-state index >= 15 is 0 Å². The molecule has 0 bridgehead atoms. The minimum Gasteiger partial charge on any atom is -0.366 e. The van der Waals surface area contributed by atoms with E-state index in [4.69, 9.17) is 0 Å². The molecule has 1 heterocycles. The van der Waals surface area contributed by atoms with E-state index in [9.17, 15) is 8.78 Å². The molecule has 0 aromatic rings.